The number of carbonyl (C=O) groups is 2. The van der Waals surface area contributed by atoms with E-state index in [1.807, 2.05) is 24.3 Å². The van der Waals surface area contributed by atoms with Gasteiger partial charge in [-0.05, 0) is 54.2 Å². The van der Waals surface area contributed by atoms with Gasteiger partial charge in [-0.1, -0.05) is 38.1 Å². The van der Waals surface area contributed by atoms with E-state index in [1.165, 1.54) is 23.1 Å². The Hall–Kier alpha value is -2.99. The Morgan fingerprint density at radius 1 is 1.16 bits per heavy atom. The number of hydrogen-bond acceptors (Lipinski definition) is 4. The van der Waals surface area contributed by atoms with E-state index in [9.17, 15) is 19.1 Å². The highest BCUT2D eigenvalue weighted by Crippen LogP contribution is 2.40. The average Bonchev–Trinajstić information content (AvgIpc) is 3.00. The van der Waals surface area contributed by atoms with Crippen LogP contribution in [0.15, 0.2) is 48.0 Å². The summed E-state index contributed by atoms with van der Waals surface area (Å²) < 4.78 is 18.8. The van der Waals surface area contributed by atoms with E-state index >= 15 is 0 Å². The molecule has 1 atom stereocenters. The summed E-state index contributed by atoms with van der Waals surface area (Å²) in [6.07, 6.45) is 0.555. The first kappa shape index (κ1) is 22.7. The molecule has 1 aliphatic rings. The highest BCUT2D eigenvalue weighted by Gasteiger charge is 2.45. The lowest BCUT2D eigenvalue weighted by molar-refractivity contribution is -0.140. The number of ether oxygens (including phenoxy) is 1. The number of halogens is 1. The van der Waals surface area contributed by atoms with Gasteiger partial charge in [0.1, 0.15) is 11.6 Å². The number of likely N-dealkylation sites (tertiary alicyclic amines) is 1. The third-order valence-electron chi connectivity index (χ3n) is 5.64. The normalized spacial score (nSPS) is 18.3. The van der Waals surface area contributed by atoms with Crippen molar-refractivity contribution in [3.63, 3.8) is 0 Å². The molecule has 0 radical (unpaired) electrons. The average molecular weight is 426 g/mol. The molecule has 1 unspecified atom stereocenters. The summed E-state index contributed by atoms with van der Waals surface area (Å²) in [5.41, 5.74) is 2.54. The molecule has 0 saturated carbocycles. The largest absolute Gasteiger partial charge is 0.507 e. The second kappa shape index (κ2) is 9.43. The van der Waals surface area contributed by atoms with Crippen molar-refractivity contribution >= 4 is 17.4 Å². The number of carbonyl (C=O) groups excluding carboxylic acids is 2. The van der Waals surface area contributed by atoms with E-state index in [-0.39, 0.29) is 11.3 Å². The number of rotatable bonds is 7. The number of benzene rings is 2. The summed E-state index contributed by atoms with van der Waals surface area (Å²) in [5, 5.41) is 11.0. The maximum atomic E-state index is 13.7. The van der Waals surface area contributed by atoms with E-state index in [0.717, 1.165) is 11.1 Å². The van der Waals surface area contributed by atoms with Gasteiger partial charge in [0.25, 0.3) is 11.7 Å². The van der Waals surface area contributed by atoms with Crippen molar-refractivity contribution in [2.75, 3.05) is 20.3 Å². The Morgan fingerprint density at radius 3 is 2.42 bits per heavy atom. The number of methoxy groups -OCH3 is 1. The minimum absolute atomic E-state index is 0.0192. The molecule has 5 nitrogen and oxygen atoms in total. The lowest BCUT2D eigenvalue weighted by Gasteiger charge is -2.25. The quantitative estimate of drug-likeness (QED) is 0.302. The number of ketones is 1. The van der Waals surface area contributed by atoms with Gasteiger partial charge in [0.2, 0.25) is 0 Å². The van der Waals surface area contributed by atoms with Crippen LogP contribution in [0, 0.1) is 12.7 Å². The molecule has 0 bridgehead atoms. The molecule has 1 saturated heterocycles. The van der Waals surface area contributed by atoms with Crippen LogP contribution < -0.4 is 0 Å². The van der Waals surface area contributed by atoms with Crippen LogP contribution in [0.3, 0.4) is 0 Å². The molecule has 1 fully saturated rings. The SMILES string of the molecule is COCCCN1C(=O)C(=O)/C(=C(\O)c2ccc(F)c(C)c2)C1c1ccc(C(C)C)cc1. The standard InChI is InChI=1S/C25H28FNO4/c1-15(2)17-6-8-18(9-7-17)22-21(23(28)19-10-11-20(26)16(3)14-19)24(29)25(30)27(22)12-5-13-31-4/h6-11,14-15,22,28H,5,12-13H2,1-4H3/b23-21-. The van der Waals surface area contributed by atoms with E-state index in [1.54, 1.807) is 14.0 Å². The predicted octanol–water partition coefficient (Wildman–Crippen LogP) is 4.72. The fourth-order valence-electron chi connectivity index (χ4n) is 3.85. The third-order valence-corrected chi connectivity index (χ3v) is 5.64. The van der Waals surface area contributed by atoms with Gasteiger partial charge in [0.15, 0.2) is 0 Å². The highest BCUT2D eigenvalue weighted by atomic mass is 19.1. The van der Waals surface area contributed by atoms with Gasteiger partial charge >= 0.3 is 0 Å². The van der Waals surface area contributed by atoms with Crippen LogP contribution in [0.1, 0.15) is 54.5 Å². The first-order chi connectivity index (χ1) is 14.8. The fraction of sp³-hybridized carbons (Fsp3) is 0.360. The van der Waals surface area contributed by atoms with Crippen molar-refractivity contribution in [1.82, 2.24) is 4.90 Å². The summed E-state index contributed by atoms with van der Waals surface area (Å²) in [6.45, 7) is 6.51. The Morgan fingerprint density at radius 2 is 1.84 bits per heavy atom. The second-order valence-electron chi connectivity index (χ2n) is 8.12. The molecule has 0 spiro atoms. The molecule has 6 heteroatoms. The van der Waals surface area contributed by atoms with Crippen LogP contribution in [0.5, 0.6) is 0 Å². The van der Waals surface area contributed by atoms with E-state index < -0.39 is 23.5 Å². The maximum absolute atomic E-state index is 13.7. The van der Waals surface area contributed by atoms with Crippen LogP contribution in [0.4, 0.5) is 4.39 Å². The molecule has 2 aromatic carbocycles. The predicted molar refractivity (Wildman–Crippen MR) is 117 cm³/mol. The number of aliphatic hydroxyl groups excluding tert-OH is 1. The van der Waals surface area contributed by atoms with Crippen LogP contribution in [-0.4, -0.2) is 42.0 Å². The zero-order valence-corrected chi connectivity index (χ0v) is 18.3. The third kappa shape index (κ3) is 4.54. The van der Waals surface area contributed by atoms with Gasteiger partial charge < -0.3 is 14.7 Å². The van der Waals surface area contributed by atoms with E-state index in [0.29, 0.717) is 36.6 Å². The van der Waals surface area contributed by atoms with Crippen molar-refractivity contribution in [3.05, 3.63) is 76.1 Å². The Balaban J connectivity index is 2.12. The van der Waals surface area contributed by atoms with Crippen molar-refractivity contribution in [2.45, 2.75) is 39.2 Å². The molecule has 3 rings (SSSR count). The summed E-state index contributed by atoms with van der Waals surface area (Å²) in [6, 6.07) is 11.1. The van der Waals surface area contributed by atoms with Crippen molar-refractivity contribution in [2.24, 2.45) is 0 Å². The van der Waals surface area contributed by atoms with Gasteiger partial charge in [-0.15, -0.1) is 0 Å². The molecular formula is C25H28FNO4. The maximum Gasteiger partial charge on any atom is 0.295 e. The molecule has 1 N–H and O–H groups in total. The molecule has 2 aromatic rings. The van der Waals surface area contributed by atoms with Crippen molar-refractivity contribution < 1.29 is 23.8 Å². The van der Waals surface area contributed by atoms with E-state index in [2.05, 4.69) is 13.8 Å². The summed E-state index contributed by atoms with van der Waals surface area (Å²) in [7, 11) is 1.58. The van der Waals surface area contributed by atoms with Crippen molar-refractivity contribution in [1.29, 1.82) is 0 Å². The zero-order chi connectivity index (χ0) is 22.7. The molecule has 1 amide bonds. The number of nitrogens with zero attached hydrogens (tertiary/aromatic N) is 1. The smallest absolute Gasteiger partial charge is 0.295 e. The van der Waals surface area contributed by atoms with Crippen molar-refractivity contribution in [3.8, 4) is 0 Å². The number of amides is 1. The minimum Gasteiger partial charge on any atom is -0.507 e. The molecule has 0 aromatic heterocycles. The number of aliphatic hydroxyl groups is 1. The minimum atomic E-state index is -0.741. The molecule has 164 valence electrons. The monoisotopic (exact) mass is 425 g/mol. The number of Topliss-reactive ketones (excluding diaryl/α,β-unsaturated/α-hetero) is 1. The van der Waals surface area contributed by atoms with Gasteiger partial charge in [0, 0.05) is 25.8 Å². The van der Waals surface area contributed by atoms with E-state index in [4.69, 9.17) is 4.74 Å². The summed E-state index contributed by atoms with van der Waals surface area (Å²) >= 11 is 0. The van der Waals surface area contributed by atoms with Crippen LogP contribution in [-0.2, 0) is 14.3 Å². The zero-order valence-electron chi connectivity index (χ0n) is 18.3. The number of aryl methyl sites for hydroxylation is 1. The van der Waals surface area contributed by atoms with Crippen LogP contribution >= 0.6 is 0 Å². The number of hydrogen-bond donors (Lipinski definition) is 1. The first-order valence-electron chi connectivity index (χ1n) is 10.4. The van der Waals surface area contributed by atoms with Gasteiger partial charge in [-0.25, -0.2) is 4.39 Å². The topological polar surface area (TPSA) is 66.8 Å². The molecule has 1 aliphatic heterocycles. The second-order valence-corrected chi connectivity index (χ2v) is 8.12. The Kier molecular flexibility index (Phi) is 6.91. The Bertz CT molecular complexity index is 1010. The van der Waals surface area contributed by atoms with Crippen LogP contribution in [0.2, 0.25) is 0 Å². The first-order valence-corrected chi connectivity index (χ1v) is 10.4. The summed E-state index contributed by atoms with van der Waals surface area (Å²) in [4.78, 5) is 27.3. The lowest BCUT2D eigenvalue weighted by Crippen LogP contribution is -2.31. The van der Waals surface area contributed by atoms with Gasteiger partial charge in [-0.2, -0.15) is 0 Å². The Labute approximate surface area is 182 Å². The molecular weight excluding hydrogens is 397 g/mol. The molecule has 1 heterocycles. The molecule has 0 aliphatic carbocycles. The van der Waals surface area contributed by atoms with Gasteiger partial charge in [0.05, 0.1) is 11.6 Å². The van der Waals surface area contributed by atoms with Gasteiger partial charge in [-0.3, -0.25) is 9.59 Å². The lowest BCUT2D eigenvalue weighted by atomic mass is 9.93. The highest BCUT2D eigenvalue weighted by molar-refractivity contribution is 6.46. The fourth-order valence-corrected chi connectivity index (χ4v) is 3.85. The molecule has 31 heavy (non-hydrogen) atoms. The summed E-state index contributed by atoms with van der Waals surface area (Å²) in [5.74, 6) is -1.76. The van der Waals surface area contributed by atoms with Crippen LogP contribution in [0.25, 0.3) is 5.76 Å².